The normalized spacial score (nSPS) is 13.8. The second-order valence-electron chi connectivity index (χ2n) is 30.0. The second-order valence-corrected chi connectivity index (χ2v) is 32.9. The molecule has 0 rings (SSSR count). The lowest BCUT2D eigenvalue weighted by atomic mass is 10.0. The van der Waals surface area contributed by atoms with E-state index in [2.05, 4.69) is 34.6 Å². The Morgan fingerprint density at radius 2 is 0.455 bits per heavy atom. The van der Waals surface area contributed by atoms with Gasteiger partial charge < -0.3 is 33.8 Å². The molecule has 0 saturated carbocycles. The first-order chi connectivity index (χ1) is 49.0. The van der Waals surface area contributed by atoms with E-state index in [0.29, 0.717) is 25.7 Å². The van der Waals surface area contributed by atoms with Crippen LogP contribution in [0.1, 0.15) is 439 Å². The van der Waals surface area contributed by atoms with Gasteiger partial charge in [0.25, 0.3) is 0 Å². The van der Waals surface area contributed by atoms with Gasteiger partial charge in [0.1, 0.15) is 19.3 Å². The van der Waals surface area contributed by atoms with E-state index in [1.54, 1.807) is 0 Å². The zero-order valence-corrected chi connectivity index (χ0v) is 67.8. The molecule has 101 heavy (non-hydrogen) atoms. The van der Waals surface area contributed by atoms with E-state index >= 15 is 0 Å². The lowest BCUT2D eigenvalue weighted by molar-refractivity contribution is -0.161. The molecule has 0 aromatic carbocycles. The van der Waals surface area contributed by atoms with Gasteiger partial charge in [-0.3, -0.25) is 37.3 Å². The lowest BCUT2D eigenvalue weighted by Gasteiger charge is -2.21. The molecule has 600 valence electrons. The molecule has 0 saturated heterocycles. The van der Waals surface area contributed by atoms with Gasteiger partial charge in [-0.1, -0.05) is 388 Å². The standard InChI is InChI=1S/C82H160O17P2/c1-6-9-12-15-18-21-24-26-28-30-31-32-34-36-38-41-47-52-57-62-67-81(86)98-77(72-93-80(85)66-61-56-51-46-40-37-35-33-29-27-25-22-19-16-13-10-7-2)73-96-100(88,89)94-69-76(83)70-95-101(90,91)97-74-78(71-92-79(84)65-60-55-50-45-39-23-20-17-14-11-8-3)99-82(87)68-63-58-53-48-43-42-44-49-54-59-64-75(4)5/h75-78,83H,6-74H2,1-5H3,(H,88,89)(H,90,91)/t76-,77-,78-/m1/s1. The van der Waals surface area contributed by atoms with Crippen LogP contribution in [-0.4, -0.2) is 96.7 Å². The number of ether oxygens (including phenoxy) is 4. The van der Waals surface area contributed by atoms with E-state index in [0.717, 1.165) is 95.8 Å². The third-order valence-corrected chi connectivity index (χ3v) is 21.2. The molecule has 0 fully saturated rings. The Labute approximate surface area is 619 Å². The SMILES string of the molecule is CCCCCCCCCCCCCCCCCCCCCCC(=O)O[C@H](COC(=O)CCCCCCCCCCCCCCCCCCC)COP(=O)(O)OC[C@@H](O)COP(=O)(O)OC[C@@H](COC(=O)CCCCCCCCCCCCC)OC(=O)CCCCCCCCCCCCC(C)C. The molecule has 0 radical (unpaired) electrons. The molecule has 0 heterocycles. The van der Waals surface area contributed by atoms with E-state index in [1.165, 1.54) is 263 Å². The van der Waals surface area contributed by atoms with Gasteiger partial charge in [-0.25, -0.2) is 9.13 Å². The third-order valence-electron chi connectivity index (χ3n) is 19.3. The fourth-order valence-electron chi connectivity index (χ4n) is 12.8. The average Bonchev–Trinajstić information content (AvgIpc) is 0.945. The van der Waals surface area contributed by atoms with Crippen molar-refractivity contribution in [2.45, 2.75) is 457 Å². The number of rotatable bonds is 82. The van der Waals surface area contributed by atoms with Crippen LogP contribution in [0.2, 0.25) is 0 Å². The number of carbonyl (C=O) groups excluding carboxylic acids is 4. The Hall–Kier alpha value is -1.94. The highest BCUT2D eigenvalue weighted by Gasteiger charge is 2.30. The predicted octanol–water partition coefficient (Wildman–Crippen LogP) is 24.8. The molecular formula is C82H160O17P2. The van der Waals surface area contributed by atoms with Crippen LogP contribution in [0.4, 0.5) is 0 Å². The highest BCUT2D eigenvalue weighted by Crippen LogP contribution is 2.45. The number of hydrogen-bond acceptors (Lipinski definition) is 15. The molecule has 2 unspecified atom stereocenters. The Morgan fingerprint density at radius 3 is 0.673 bits per heavy atom. The number of phosphoric acid groups is 2. The Kier molecular flexibility index (Phi) is 73.5. The molecule has 0 aliphatic heterocycles. The number of unbranched alkanes of at least 4 members (excludes halogenated alkanes) is 54. The van der Waals surface area contributed by atoms with Crippen molar-refractivity contribution in [2.24, 2.45) is 5.92 Å². The van der Waals surface area contributed by atoms with Crippen LogP contribution in [-0.2, 0) is 65.4 Å². The molecule has 0 spiro atoms. The molecule has 0 aromatic heterocycles. The highest BCUT2D eigenvalue weighted by atomic mass is 31.2. The number of carbonyl (C=O) groups is 4. The minimum atomic E-state index is -4.96. The molecule has 0 aliphatic rings. The van der Waals surface area contributed by atoms with Crippen molar-refractivity contribution < 1.29 is 80.2 Å². The molecule has 3 N–H and O–H groups in total. The summed E-state index contributed by atoms with van der Waals surface area (Å²) < 4.78 is 68.8. The van der Waals surface area contributed by atoms with Crippen LogP contribution in [0.3, 0.4) is 0 Å². The fourth-order valence-corrected chi connectivity index (χ4v) is 14.3. The quantitative estimate of drug-likeness (QED) is 0.0222. The molecule has 0 amide bonds. The maximum atomic E-state index is 13.1. The average molecular weight is 1480 g/mol. The van der Waals surface area contributed by atoms with Gasteiger partial charge in [0.05, 0.1) is 26.4 Å². The summed E-state index contributed by atoms with van der Waals surface area (Å²) in [5, 5.41) is 10.6. The summed E-state index contributed by atoms with van der Waals surface area (Å²) in [6.45, 7) is 7.32. The summed E-state index contributed by atoms with van der Waals surface area (Å²) >= 11 is 0. The van der Waals surface area contributed by atoms with E-state index < -0.39 is 97.5 Å². The third kappa shape index (κ3) is 76.1. The summed E-state index contributed by atoms with van der Waals surface area (Å²) in [5.41, 5.74) is 0. The fraction of sp³-hybridized carbons (Fsp3) is 0.951. The summed E-state index contributed by atoms with van der Waals surface area (Å²) in [6.07, 6.45) is 66.6. The van der Waals surface area contributed by atoms with Crippen molar-refractivity contribution in [1.29, 1.82) is 0 Å². The summed E-state index contributed by atoms with van der Waals surface area (Å²) in [5.74, 6) is -1.35. The van der Waals surface area contributed by atoms with Crippen molar-refractivity contribution >= 4 is 39.5 Å². The van der Waals surface area contributed by atoms with Crippen molar-refractivity contribution in [3.8, 4) is 0 Å². The minimum Gasteiger partial charge on any atom is -0.462 e. The number of aliphatic hydroxyl groups excluding tert-OH is 1. The van der Waals surface area contributed by atoms with Crippen molar-refractivity contribution in [3.63, 3.8) is 0 Å². The molecule has 19 heteroatoms. The first-order valence-electron chi connectivity index (χ1n) is 42.6. The van der Waals surface area contributed by atoms with Crippen molar-refractivity contribution in [3.05, 3.63) is 0 Å². The zero-order chi connectivity index (χ0) is 74.1. The first-order valence-corrected chi connectivity index (χ1v) is 45.6. The Bertz CT molecular complexity index is 1930. The van der Waals surface area contributed by atoms with Gasteiger partial charge in [-0.2, -0.15) is 0 Å². The molecule has 0 bridgehead atoms. The topological polar surface area (TPSA) is 237 Å². The van der Waals surface area contributed by atoms with Gasteiger partial charge in [0.2, 0.25) is 0 Å². The van der Waals surface area contributed by atoms with Crippen LogP contribution in [0.5, 0.6) is 0 Å². The maximum Gasteiger partial charge on any atom is 0.472 e. The molecule has 0 aromatic rings. The van der Waals surface area contributed by atoms with Gasteiger partial charge in [-0.05, 0) is 31.6 Å². The van der Waals surface area contributed by atoms with E-state index in [1.807, 2.05) is 0 Å². The maximum absolute atomic E-state index is 13.1. The Balaban J connectivity index is 5.23. The molecule has 5 atom stereocenters. The van der Waals surface area contributed by atoms with Crippen LogP contribution >= 0.6 is 15.6 Å². The lowest BCUT2D eigenvalue weighted by Crippen LogP contribution is -2.30. The van der Waals surface area contributed by atoms with Crippen molar-refractivity contribution in [2.75, 3.05) is 39.6 Å². The zero-order valence-electron chi connectivity index (χ0n) is 66.1. The van der Waals surface area contributed by atoms with Crippen LogP contribution in [0.15, 0.2) is 0 Å². The van der Waals surface area contributed by atoms with E-state index in [9.17, 15) is 43.2 Å². The summed E-state index contributed by atoms with van der Waals surface area (Å²) in [6, 6.07) is 0. The van der Waals surface area contributed by atoms with Crippen LogP contribution in [0.25, 0.3) is 0 Å². The smallest absolute Gasteiger partial charge is 0.462 e. The van der Waals surface area contributed by atoms with Crippen LogP contribution in [0, 0.1) is 5.92 Å². The molecular weight excluding hydrogens is 1320 g/mol. The predicted molar refractivity (Wildman–Crippen MR) is 414 cm³/mol. The molecule has 0 aliphatic carbocycles. The minimum absolute atomic E-state index is 0.107. The molecule has 17 nitrogen and oxygen atoms in total. The highest BCUT2D eigenvalue weighted by molar-refractivity contribution is 7.47. The number of aliphatic hydroxyl groups is 1. The van der Waals surface area contributed by atoms with E-state index in [-0.39, 0.29) is 25.7 Å². The number of hydrogen-bond donors (Lipinski definition) is 3. The number of phosphoric ester groups is 2. The summed E-state index contributed by atoms with van der Waals surface area (Å²) in [4.78, 5) is 73.1. The van der Waals surface area contributed by atoms with Crippen molar-refractivity contribution in [1.82, 2.24) is 0 Å². The first kappa shape index (κ1) is 99.1. The number of esters is 4. The largest absolute Gasteiger partial charge is 0.472 e. The van der Waals surface area contributed by atoms with Crippen LogP contribution < -0.4 is 0 Å². The van der Waals surface area contributed by atoms with Gasteiger partial charge in [0.15, 0.2) is 12.2 Å². The monoisotopic (exact) mass is 1480 g/mol. The van der Waals surface area contributed by atoms with Gasteiger partial charge in [0, 0.05) is 25.7 Å². The van der Waals surface area contributed by atoms with Gasteiger partial charge >= 0.3 is 39.5 Å². The van der Waals surface area contributed by atoms with Gasteiger partial charge in [-0.15, -0.1) is 0 Å². The Morgan fingerprint density at radius 1 is 0.267 bits per heavy atom. The summed E-state index contributed by atoms with van der Waals surface area (Å²) in [7, 11) is -9.92. The van der Waals surface area contributed by atoms with E-state index in [4.69, 9.17) is 37.0 Å². The second kappa shape index (κ2) is 74.9.